The first-order chi connectivity index (χ1) is 13.6. The van der Waals surface area contributed by atoms with Crippen molar-refractivity contribution in [2.75, 3.05) is 34.5 Å². The first-order valence-corrected chi connectivity index (χ1v) is 9.12. The largest absolute Gasteiger partial charge is 0.504 e. The van der Waals surface area contributed by atoms with Crippen molar-refractivity contribution in [1.29, 1.82) is 0 Å². The molecule has 2 heterocycles. The monoisotopic (exact) mass is 388 g/mol. The second-order valence-electron chi connectivity index (χ2n) is 7.04. The molecule has 2 aromatic rings. The summed E-state index contributed by atoms with van der Waals surface area (Å²) in [5.74, 6) is 1.52. The minimum atomic E-state index is -0.183. The Labute approximate surface area is 163 Å². The number of benzene rings is 2. The average molecular weight is 388 g/mol. The predicted molar refractivity (Wildman–Crippen MR) is 100 cm³/mol. The van der Waals surface area contributed by atoms with E-state index in [1.54, 1.807) is 18.2 Å². The van der Waals surface area contributed by atoms with Crippen LogP contribution in [0.25, 0.3) is 0 Å². The summed E-state index contributed by atoms with van der Waals surface area (Å²) >= 11 is 0. The zero-order chi connectivity index (χ0) is 19.8. The van der Waals surface area contributed by atoms with Crippen molar-refractivity contribution in [2.24, 2.45) is 11.8 Å². The number of ether oxygens (including phenoxy) is 5. The normalized spacial score (nSPS) is 26.1. The molecule has 0 spiro atoms. The SMILES string of the molecule is COc1cc(C2OC[C@@H]3C(c4cc(OC)c(O)c(OC)c4)OC[C@H]23)ccc1O. The van der Waals surface area contributed by atoms with E-state index in [2.05, 4.69) is 0 Å². The molecule has 28 heavy (non-hydrogen) atoms. The van der Waals surface area contributed by atoms with Crippen LogP contribution in [0.2, 0.25) is 0 Å². The highest BCUT2D eigenvalue weighted by Crippen LogP contribution is 2.52. The molecule has 0 amide bonds. The van der Waals surface area contributed by atoms with Crippen LogP contribution >= 0.6 is 0 Å². The maximum absolute atomic E-state index is 10.2. The van der Waals surface area contributed by atoms with Crippen LogP contribution in [0.3, 0.4) is 0 Å². The van der Waals surface area contributed by atoms with Crippen LogP contribution < -0.4 is 14.2 Å². The van der Waals surface area contributed by atoms with Gasteiger partial charge in [-0.05, 0) is 35.4 Å². The van der Waals surface area contributed by atoms with Gasteiger partial charge >= 0.3 is 0 Å². The van der Waals surface area contributed by atoms with Gasteiger partial charge in [-0.3, -0.25) is 0 Å². The molecular weight excluding hydrogens is 364 g/mol. The number of phenolic OH excluding ortho intramolecular Hbond substituents is 2. The number of fused-ring (bicyclic) bond motifs is 1. The van der Waals surface area contributed by atoms with Crippen molar-refractivity contribution < 1.29 is 33.9 Å². The summed E-state index contributed by atoms with van der Waals surface area (Å²) in [6, 6.07) is 8.84. The first kappa shape index (κ1) is 18.7. The van der Waals surface area contributed by atoms with Gasteiger partial charge in [0.05, 0.1) is 46.8 Å². The Balaban J connectivity index is 1.61. The van der Waals surface area contributed by atoms with Crippen molar-refractivity contribution in [2.45, 2.75) is 12.2 Å². The van der Waals surface area contributed by atoms with Crippen molar-refractivity contribution >= 4 is 0 Å². The third kappa shape index (κ3) is 3.00. The topological polar surface area (TPSA) is 86.6 Å². The smallest absolute Gasteiger partial charge is 0.200 e. The summed E-state index contributed by atoms with van der Waals surface area (Å²) in [5.41, 5.74) is 1.83. The molecule has 4 rings (SSSR count). The highest BCUT2D eigenvalue weighted by molar-refractivity contribution is 5.53. The van der Waals surface area contributed by atoms with Gasteiger partial charge in [-0.2, -0.15) is 0 Å². The fourth-order valence-corrected chi connectivity index (χ4v) is 4.18. The molecule has 2 aliphatic heterocycles. The van der Waals surface area contributed by atoms with E-state index in [-0.39, 0.29) is 35.5 Å². The number of phenols is 2. The van der Waals surface area contributed by atoms with Gasteiger partial charge in [0.2, 0.25) is 5.75 Å². The fourth-order valence-electron chi connectivity index (χ4n) is 4.18. The van der Waals surface area contributed by atoms with Gasteiger partial charge in [0.15, 0.2) is 23.0 Å². The molecule has 0 radical (unpaired) electrons. The molecule has 2 aromatic carbocycles. The van der Waals surface area contributed by atoms with E-state index < -0.39 is 0 Å². The fraction of sp³-hybridized carbons (Fsp3) is 0.429. The molecule has 2 N–H and O–H groups in total. The van der Waals surface area contributed by atoms with Crippen LogP contribution in [0.5, 0.6) is 28.7 Å². The Kier molecular flexibility index (Phi) is 4.95. The average Bonchev–Trinajstić information content (AvgIpc) is 3.31. The van der Waals surface area contributed by atoms with E-state index in [1.165, 1.54) is 21.3 Å². The number of aromatic hydroxyl groups is 2. The Bertz CT molecular complexity index is 841. The lowest BCUT2D eigenvalue weighted by molar-refractivity contribution is 0.0191. The molecule has 0 aromatic heterocycles. The molecule has 7 heteroatoms. The molecule has 2 unspecified atom stereocenters. The Hall–Kier alpha value is -2.64. The van der Waals surface area contributed by atoms with Gasteiger partial charge in [-0.1, -0.05) is 6.07 Å². The molecule has 0 saturated carbocycles. The molecule has 2 saturated heterocycles. The maximum Gasteiger partial charge on any atom is 0.200 e. The molecular formula is C21H24O7. The van der Waals surface area contributed by atoms with Crippen LogP contribution in [0.15, 0.2) is 30.3 Å². The van der Waals surface area contributed by atoms with Crippen molar-refractivity contribution in [1.82, 2.24) is 0 Å². The van der Waals surface area contributed by atoms with Gasteiger partial charge in [0, 0.05) is 11.8 Å². The molecule has 7 nitrogen and oxygen atoms in total. The summed E-state index contributed by atoms with van der Waals surface area (Å²) in [6.07, 6.45) is -0.317. The van der Waals surface area contributed by atoms with Gasteiger partial charge < -0.3 is 33.9 Å². The van der Waals surface area contributed by atoms with Gasteiger partial charge in [-0.25, -0.2) is 0 Å². The minimum absolute atomic E-state index is 0.0277. The van der Waals surface area contributed by atoms with Crippen LogP contribution in [0.1, 0.15) is 23.3 Å². The molecule has 0 aliphatic carbocycles. The van der Waals surface area contributed by atoms with Crippen LogP contribution in [-0.4, -0.2) is 44.8 Å². The second-order valence-corrected chi connectivity index (χ2v) is 7.04. The lowest BCUT2D eigenvalue weighted by atomic mass is 9.85. The summed E-state index contributed by atoms with van der Waals surface area (Å²) in [6.45, 7) is 1.10. The van der Waals surface area contributed by atoms with Crippen molar-refractivity contribution in [3.05, 3.63) is 41.5 Å². The number of methoxy groups -OCH3 is 3. The van der Waals surface area contributed by atoms with Crippen molar-refractivity contribution in [3.8, 4) is 28.7 Å². The summed E-state index contributed by atoms with van der Waals surface area (Å²) in [7, 11) is 4.53. The number of hydrogen-bond acceptors (Lipinski definition) is 7. The van der Waals surface area contributed by atoms with Gasteiger partial charge in [0.1, 0.15) is 0 Å². The van der Waals surface area contributed by atoms with E-state index in [0.29, 0.717) is 30.5 Å². The lowest BCUT2D eigenvalue weighted by Crippen LogP contribution is -2.14. The Morgan fingerprint density at radius 1 is 0.750 bits per heavy atom. The lowest BCUT2D eigenvalue weighted by Gasteiger charge is -2.19. The van der Waals surface area contributed by atoms with E-state index >= 15 is 0 Å². The van der Waals surface area contributed by atoms with E-state index in [0.717, 1.165) is 11.1 Å². The van der Waals surface area contributed by atoms with Crippen LogP contribution in [0.4, 0.5) is 0 Å². The highest BCUT2D eigenvalue weighted by Gasteiger charge is 2.48. The molecule has 2 fully saturated rings. The standard InChI is InChI=1S/C21H24O7/c1-24-16-6-11(4-5-15(16)22)20-13-9-28-21(14(13)10-27-20)12-7-17(25-2)19(23)18(8-12)26-3/h4-8,13-14,20-23H,9-10H2,1-3H3/t13-,14-,20?,21?/m0/s1. The quantitative estimate of drug-likeness (QED) is 0.813. The molecule has 4 atom stereocenters. The number of hydrogen-bond donors (Lipinski definition) is 2. The predicted octanol–water partition coefficient (Wildman–Crippen LogP) is 3.20. The van der Waals surface area contributed by atoms with E-state index in [1.807, 2.05) is 12.1 Å². The summed E-state index contributed by atoms with van der Waals surface area (Å²) in [4.78, 5) is 0. The maximum atomic E-state index is 10.2. The van der Waals surface area contributed by atoms with E-state index in [4.69, 9.17) is 23.7 Å². The third-order valence-corrected chi connectivity index (χ3v) is 5.63. The molecule has 0 bridgehead atoms. The minimum Gasteiger partial charge on any atom is -0.504 e. The van der Waals surface area contributed by atoms with Crippen LogP contribution in [0, 0.1) is 11.8 Å². The Morgan fingerprint density at radius 2 is 1.25 bits per heavy atom. The van der Waals surface area contributed by atoms with Gasteiger partial charge in [-0.15, -0.1) is 0 Å². The Morgan fingerprint density at radius 3 is 1.79 bits per heavy atom. The van der Waals surface area contributed by atoms with E-state index in [9.17, 15) is 10.2 Å². The molecule has 150 valence electrons. The zero-order valence-electron chi connectivity index (χ0n) is 16.0. The number of rotatable bonds is 5. The third-order valence-electron chi connectivity index (χ3n) is 5.63. The second kappa shape index (κ2) is 7.41. The van der Waals surface area contributed by atoms with Gasteiger partial charge in [0.25, 0.3) is 0 Å². The summed E-state index contributed by atoms with van der Waals surface area (Å²) < 4.78 is 28.0. The zero-order valence-corrected chi connectivity index (χ0v) is 16.0. The first-order valence-electron chi connectivity index (χ1n) is 9.12. The summed E-state index contributed by atoms with van der Waals surface area (Å²) in [5, 5.41) is 20.0. The highest BCUT2D eigenvalue weighted by atomic mass is 16.5. The van der Waals surface area contributed by atoms with Crippen LogP contribution in [-0.2, 0) is 9.47 Å². The molecule has 2 aliphatic rings. The van der Waals surface area contributed by atoms with Crippen molar-refractivity contribution in [3.63, 3.8) is 0 Å².